The second-order valence-electron chi connectivity index (χ2n) is 11.3. The first-order chi connectivity index (χ1) is 21.9. The van der Waals surface area contributed by atoms with E-state index < -0.39 is 47.9 Å². The third-order valence-electron chi connectivity index (χ3n) is 7.81. The first-order valence-electron chi connectivity index (χ1n) is 15.2. The fraction of sp³-hybridized carbons (Fsp3) is 0.406. The number of aromatic amines is 1. The van der Waals surface area contributed by atoms with Crippen LogP contribution in [0.5, 0.6) is 5.75 Å². The Morgan fingerprint density at radius 3 is 2.24 bits per heavy atom. The summed E-state index contributed by atoms with van der Waals surface area (Å²) in [6.45, 7) is 3.78. The average Bonchev–Trinajstić information content (AvgIpc) is 3.43. The maximum absolute atomic E-state index is 13.7. The second-order valence-corrected chi connectivity index (χ2v) is 11.3. The molecule has 0 fully saturated rings. The topological polar surface area (TPSA) is 251 Å². The standard InChI is InChI=1S/C32H44N8O6/c1-3-18(2)27(30(44)38-25(31(45)46)9-6-14-36-32(34)35)40-29(43)26(15-19-10-12-21(41)13-11-19)39-28(42)23(33)16-20-17-37-24-8-5-4-7-22(20)24/h4-5,7-8,10-13,17-18,23,25-27,37,41H,3,6,9,14-16,33H2,1-2H3,(H,38,44)(H,39,42)(H,40,43)(H,45,46)(H4,34,35,36). The molecule has 3 rings (SSSR count). The van der Waals surface area contributed by atoms with E-state index in [2.05, 4.69) is 25.9 Å². The number of amides is 3. The lowest BCUT2D eigenvalue weighted by Crippen LogP contribution is -2.59. The Morgan fingerprint density at radius 2 is 1.59 bits per heavy atom. The Balaban J connectivity index is 1.77. The number of nitrogens with zero attached hydrogens (tertiary/aromatic N) is 1. The number of phenols is 1. The zero-order valence-electron chi connectivity index (χ0n) is 26.0. The minimum Gasteiger partial charge on any atom is -0.508 e. The summed E-state index contributed by atoms with van der Waals surface area (Å²) in [5, 5.41) is 28.3. The molecule has 0 spiro atoms. The fourth-order valence-corrected chi connectivity index (χ4v) is 4.96. The number of fused-ring (bicyclic) bond motifs is 1. The highest BCUT2D eigenvalue weighted by Gasteiger charge is 2.33. The number of hydrogen-bond donors (Lipinski definition) is 9. The van der Waals surface area contributed by atoms with E-state index in [0.717, 1.165) is 16.5 Å². The van der Waals surface area contributed by atoms with Crippen molar-refractivity contribution in [2.24, 2.45) is 28.1 Å². The first kappa shape index (κ1) is 35.4. The number of carbonyl (C=O) groups is 4. The first-order valence-corrected chi connectivity index (χ1v) is 15.2. The molecule has 5 atom stereocenters. The summed E-state index contributed by atoms with van der Waals surface area (Å²) >= 11 is 0. The molecule has 3 amide bonds. The van der Waals surface area contributed by atoms with Crippen LogP contribution >= 0.6 is 0 Å². The van der Waals surface area contributed by atoms with Crippen LogP contribution in [0.15, 0.2) is 59.7 Å². The number of carbonyl (C=O) groups excluding carboxylic acids is 3. The molecule has 0 saturated heterocycles. The van der Waals surface area contributed by atoms with Crippen LogP contribution in [0.2, 0.25) is 0 Å². The predicted octanol–water partition coefficient (Wildman–Crippen LogP) is 0.625. The average molecular weight is 637 g/mol. The van der Waals surface area contributed by atoms with Crippen LogP contribution in [0.3, 0.4) is 0 Å². The Bertz CT molecular complexity index is 1520. The highest BCUT2D eigenvalue weighted by atomic mass is 16.4. The number of aliphatic carboxylic acids is 1. The molecule has 14 heteroatoms. The summed E-state index contributed by atoms with van der Waals surface area (Å²) in [5.41, 5.74) is 19.3. The molecule has 0 radical (unpaired) electrons. The third-order valence-corrected chi connectivity index (χ3v) is 7.81. The number of rotatable bonds is 17. The van der Waals surface area contributed by atoms with Crippen molar-refractivity contribution in [3.63, 3.8) is 0 Å². The molecule has 14 nitrogen and oxygen atoms in total. The van der Waals surface area contributed by atoms with Crippen molar-refractivity contribution in [2.75, 3.05) is 6.54 Å². The quantitative estimate of drug-likeness (QED) is 0.0571. The van der Waals surface area contributed by atoms with Gasteiger partial charge in [-0.2, -0.15) is 0 Å². The monoisotopic (exact) mass is 636 g/mol. The van der Waals surface area contributed by atoms with Gasteiger partial charge in [0.1, 0.15) is 23.9 Å². The number of carboxylic acids is 1. The number of nitrogens with two attached hydrogens (primary N) is 3. The maximum Gasteiger partial charge on any atom is 0.326 e. The summed E-state index contributed by atoms with van der Waals surface area (Å²) in [6.07, 6.45) is 2.89. The summed E-state index contributed by atoms with van der Waals surface area (Å²) < 4.78 is 0. The van der Waals surface area contributed by atoms with E-state index in [9.17, 15) is 29.4 Å². The summed E-state index contributed by atoms with van der Waals surface area (Å²) in [6, 6.07) is 9.31. The van der Waals surface area contributed by atoms with Gasteiger partial charge in [-0.15, -0.1) is 0 Å². The number of nitrogens with one attached hydrogen (secondary N) is 4. The van der Waals surface area contributed by atoms with Gasteiger partial charge in [0.2, 0.25) is 17.7 Å². The number of phenolic OH excluding ortho intramolecular Hbond substituents is 1. The van der Waals surface area contributed by atoms with Crippen molar-refractivity contribution in [2.45, 2.75) is 70.1 Å². The predicted molar refractivity (Wildman–Crippen MR) is 175 cm³/mol. The van der Waals surface area contributed by atoms with Gasteiger partial charge in [-0.05, 0) is 54.5 Å². The van der Waals surface area contributed by atoms with Crippen molar-refractivity contribution >= 4 is 40.6 Å². The van der Waals surface area contributed by atoms with Crippen LogP contribution in [0, 0.1) is 5.92 Å². The molecular weight excluding hydrogens is 592 g/mol. The molecule has 0 aliphatic carbocycles. The van der Waals surface area contributed by atoms with Crippen LogP contribution in [0.25, 0.3) is 10.9 Å². The van der Waals surface area contributed by atoms with Crippen molar-refractivity contribution in [1.29, 1.82) is 0 Å². The molecule has 46 heavy (non-hydrogen) atoms. The van der Waals surface area contributed by atoms with Gasteiger partial charge < -0.3 is 48.3 Å². The molecule has 3 aromatic rings. The smallest absolute Gasteiger partial charge is 0.326 e. The van der Waals surface area contributed by atoms with Gasteiger partial charge in [-0.1, -0.05) is 50.6 Å². The van der Waals surface area contributed by atoms with Crippen LogP contribution in [-0.4, -0.2) is 75.6 Å². The minimum atomic E-state index is -1.24. The van der Waals surface area contributed by atoms with Crippen molar-refractivity contribution < 1.29 is 29.4 Å². The Kier molecular flexibility index (Phi) is 12.9. The van der Waals surface area contributed by atoms with Gasteiger partial charge in [0, 0.05) is 30.1 Å². The van der Waals surface area contributed by atoms with Crippen molar-refractivity contribution in [3.05, 3.63) is 65.9 Å². The van der Waals surface area contributed by atoms with Gasteiger partial charge >= 0.3 is 5.97 Å². The Hall–Kier alpha value is -5.11. The zero-order chi connectivity index (χ0) is 33.8. The number of aliphatic imine (C=N–C) groups is 1. The van der Waals surface area contributed by atoms with Crippen LogP contribution in [-0.2, 0) is 32.0 Å². The Morgan fingerprint density at radius 1 is 0.913 bits per heavy atom. The lowest BCUT2D eigenvalue weighted by Gasteiger charge is -2.28. The lowest BCUT2D eigenvalue weighted by atomic mass is 9.96. The number of hydrogen-bond acceptors (Lipinski definition) is 7. The fourth-order valence-electron chi connectivity index (χ4n) is 4.96. The number of aromatic hydroxyl groups is 1. The molecule has 0 aliphatic heterocycles. The summed E-state index contributed by atoms with van der Waals surface area (Å²) in [4.78, 5) is 59.3. The lowest BCUT2D eigenvalue weighted by molar-refractivity contribution is -0.142. The van der Waals surface area contributed by atoms with E-state index in [0.29, 0.717) is 18.4 Å². The molecule has 248 valence electrons. The van der Waals surface area contributed by atoms with Crippen molar-refractivity contribution in [3.8, 4) is 5.75 Å². The zero-order valence-corrected chi connectivity index (χ0v) is 26.0. The summed E-state index contributed by atoms with van der Waals surface area (Å²) in [7, 11) is 0. The molecule has 0 bridgehead atoms. The molecule has 1 heterocycles. The van der Waals surface area contributed by atoms with Gasteiger partial charge in [0.05, 0.1) is 6.04 Å². The second kappa shape index (κ2) is 16.8. The van der Waals surface area contributed by atoms with Gasteiger partial charge in [-0.25, -0.2) is 4.79 Å². The minimum absolute atomic E-state index is 0.0364. The largest absolute Gasteiger partial charge is 0.508 e. The number of guanidine groups is 1. The number of aromatic nitrogens is 1. The van der Waals surface area contributed by atoms with Crippen LogP contribution in [0.4, 0.5) is 0 Å². The molecule has 0 aliphatic rings. The number of para-hydroxylation sites is 1. The van der Waals surface area contributed by atoms with E-state index in [-0.39, 0.29) is 43.4 Å². The third kappa shape index (κ3) is 10.2. The molecule has 2 aromatic carbocycles. The molecule has 1 aromatic heterocycles. The number of carboxylic acid groups (broad SMARTS) is 1. The highest BCUT2D eigenvalue weighted by molar-refractivity contribution is 5.94. The molecular formula is C32H44N8O6. The van der Waals surface area contributed by atoms with E-state index in [4.69, 9.17) is 17.2 Å². The van der Waals surface area contributed by atoms with E-state index in [1.807, 2.05) is 31.2 Å². The van der Waals surface area contributed by atoms with Gasteiger partial charge in [-0.3, -0.25) is 19.4 Å². The van der Waals surface area contributed by atoms with E-state index >= 15 is 0 Å². The van der Waals surface area contributed by atoms with Gasteiger partial charge in [0.25, 0.3) is 0 Å². The van der Waals surface area contributed by atoms with Gasteiger partial charge in [0.15, 0.2) is 5.96 Å². The maximum atomic E-state index is 13.7. The SMILES string of the molecule is CCC(C)C(NC(=O)C(Cc1ccc(O)cc1)NC(=O)C(N)Cc1c[nH]c2ccccc12)C(=O)NC(CCCN=C(N)N)C(=O)O. The highest BCUT2D eigenvalue weighted by Crippen LogP contribution is 2.19. The van der Waals surface area contributed by atoms with E-state index in [1.165, 1.54) is 12.1 Å². The number of H-pyrrole nitrogens is 1. The molecule has 12 N–H and O–H groups in total. The van der Waals surface area contributed by atoms with Crippen LogP contribution in [0.1, 0.15) is 44.2 Å². The molecule has 5 unspecified atom stereocenters. The summed E-state index contributed by atoms with van der Waals surface area (Å²) in [5.74, 6) is -3.61. The Labute approximate surface area is 267 Å². The van der Waals surface area contributed by atoms with Crippen LogP contribution < -0.4 is 33.2 Å². The normalized spacial score (nSPS) is 14.3. The molecule has 0 saturated carbocycles. The van der Waals surface area contributed by atoms with Crippen molar-refractivity contribution in [1.82, 2.24) is 20.9 Å². The van der Waals surface area contributed by atoms with E-state index in [1.54, 1.807) is 25.3 Å². The number of benzene rings is 2.